The van der Waals surface area contributed by atoms with Crippen molar-refractivity contribution in [2.45, 2.75) is 39.8 Å². The number of hydrogen-bond acceptors (Lipinski definition) is 4. The van der Waals surface area contributed by atoms with Gasteiger partial charge in [-0.3, -0.25) is 4.90 Å². The highest BCUT2D eigenvalue weighted by molar-refractivity contribution is 4.87. The van der Waals surface area contributed by atoms with E-state index in [1.807, 2.05) is 4.68 Å². The molecule has 18 heavy (non-hydrogen) atoms. The van der Waals surface area contributed by atoms with Crippen LogP contribution in [0.3, 0.4) is 0 Å². The fourth-order valence-corrected chi connectivity index (χ4v) is 2.58. The summed E-state index contributed by atoms with van der Waals surface area (Å²) < 4.78 is 2.02. The highest BCUT2D eigenvalue weighted by Gasteiger charge is 2.23. The molecule has 5 heteroatoms. The minimum Gasteiger partial charge on any atom is -0.396 e. The Labute approximate surface area is 109 Å². The molecule has 1 aliphatic heterocycles. The van der Waals surface area contributed by atoms with Crippen LogP contribution >= 0.6 is 0 Å². The third-order valence-corrected chi connectivity index (χ3v) is 3.51. The van der Waals surface area contributed by atoms with E-state index in [0.29, 0.717) is 18.4 Å². The van der Waals surface area contributed by atoms with Crippen molar-refractivity contribution in [3.63, 3.8) is 0 Å². The van der Waals surface area contributed by atoms with Crippen LogP contribution in [0.2, 0.25) is 0 Å². The van der Waals surface area contributed by atoms with E-state index in [1.165, 1.54) is 6.42 Å². The molecule has 2 rings (SSSR count). The number of likely N-dealkylation sites (tertiary alicyclic amines) is 1. The summed E-state index contributed by atoms with van der Waals surface area (Å²) in [6, 6.07) is 0. The Kier molecular flexibility index (Phi) is 4.72. The molecular weight excluding hydrogens is 228 g/mol. The summed E-state index contributed by atoms with van der Waals surface area (Å²) in [6.07, 6.45) is 3.77. The van der Waals surface area contributed by atoms with Gasteiger partial charge in [0.15, 0.2) is 0 Å². The Hall–Kier alpha value is -0.940. The van der Waals surface area contributed by atoms with Gasteiger partial charge in [0.1, 0.15) is 12.2 Å². The van der Waals surface area contributed by atoms with Crippen molar-refractivity contribution in [3.05, 3.63) is 12.2 Å². The molecule has 0 saturated carbocycles. The van der Waals surface area contributed by atoms with Crippen molar-refractivity contribution in [1.82, 2.24) is 19.7 Å². The lowest BCUT2D eigenvalue weighted by Crippen LogP contribution is -2.23. The molecular formula is C13H24N4O. The van der Waals surface area contributed by atoms with Gasteiger partial charge in [-0.2, -0.15) is 5.10 Å². The molecule has 1 fully saturated rings. The summed E-state index contributed by atoms with van der Waals surface area (Å²) >= 11 is 0. The van der Waals surface area contributed by atoms with Crippen LogP contribution < -0.4 is 0 Å². The van der Waals surface area contributed by atoms with Gasteiger partial charge < -0.3 is 5.11 Å². The van der Waals surface area contributed by atoms with Gasteiger partial charge in [-0.15, -0.1) is 0 Å². The van der Waals surface area contributed by atoms with Crippen molar-refractivity contribution in [1.29, 1.82) is 0 Å². The standard InChI is InChI=1S/C13H24N4O/c1-11(2)7-17-13(14-10-15-17)9-16-5-3-12(8-16)4-6-18/h10-12,18H,3-9H2,1-2H3. The predicted molar refractivity (Wildman–Crippen MR) is 69.9 cm³/mol. The Morgan fingerprint density at radius 1 is 1.50 bits per heavy atom. The summed E-state index contributed by atoms with van der Waals surface area (Å²) in [5, 5.41) is 13.3. The van der Waals surface area contributed by atoms with Gasteiger partial charge in [0.2, 0.25) is 0 Å². The summed E-state index contributed by atoms with van der Waals surface area (Å²) in [4.78, 5) is 6.78. The first-order valence-corrected chi connectivity index (χ1v) is 6.89. The van der Waals surface area contributed by atoms with Crippen LogP contribution in [0.25, 0.3) is 0 Å². The molecule has 0 aliphatic carbocycles. The molecule has 0 bridgehead atoms. The predicted octanol–water partition coefficient (Wildman–Crippen LogP) is 1.14. The van der Waals surface area contributed by atoms with E-state index in [4.69, 9.17) is 5.11 Å². The molecule has 0 amide bonds. The minimum atomic E-state index is 0.308. The lowest BCUT2D eigenvalue weighted by atomic mass is 10.1. The number of aliphatic hydroxyl groups excluding tert-OH is 1. The number of rotatable bonds is 6. The summed E-state index contributed by atoms with van der Waals surface area (Å²) in [5.74, 6) is 2.30. The first kappa shape index (κ1) is 13.5. The lowest BCUT2D eigenvalue weighted by Gasteiger charge is -2.16. The monoisotopic (exact) mass is 252 g/mol. The van der Waals surface area contributed by atoms with E-state index >= 15 is 0 Å². The van der Waals surface area contributed by atoms with E-state index in [1.54, 1.807) is 6.33 Å². The maximum atomic E-state index is 8.97. The molecule has 5 nitrogen and oxygen atoms in total. The van der Waals surface area contributed by atoms with Gasteiger partial charge >= 0.3 is 0 Å². The van der Waals surface area contributed by atoms with Crippen molar-refractivity contribution < 1.29 is 5.11 Å². The van der Waals surface area contributed by atoms with E-state index < -0.39 is 0 Å². The Morgan fingerprint density at radius 2 is 2.33 bits per heavy atom. The van der Waals surface area contributed by atoms with Crippen LogP contribution in [0.5, 0.6) is 0 Å². The van der Waals surface area contributed by atoms with E-state index in [9.17, 15) is 0 Å². The first-order chi connectivity index (χ1) is 8.69. The average Bonchev–Trinajstić information content (AvgIpc) is 2.90. The van der Waals surface area contributed by atoms with Gasteiger partial charge in [-0.1, -0.05) is 13.8 Å². The smallest absolute Gasteiger partial charge is 0.141 e. The highest BCUT2D eigenvalue weighted by atomic mass is 16.3. The molecule has 0 aromatic carbocycles. The Balaban J connectivity index is 1.88. The molecule has 1 aromatic rings. The maximum absolute atomic E-state index is 8.97. The van der Waals surface area contributed by atoms with Crippen LogP contribution in [0.4, 0.5) is 0 Å². The van der Waals surface area contributed by atoms with Gasteiger partial charge in [-0.25, -0.2) is 9.67 Å². The maximum Gasteiger partial charge on any atom is 0.141 e. The van der Waals surface area contributed by atoms with Crippen LogP contribution in [0, 0.1) is 11.8 Å². The number of hydrogen-bond donors (Lipinski definition) is 1. The molecule has 1 atom stereocenters. The van der Waals surface area contributed by atoms with Crippen LogP contribution in [-0.2, 0) is 13.1 Å². The number of aromatic nitrogens is 3. The molecule has 1 aliphatic rings. The zero-order valence-corrected chi connectivity index (χ0v) is 11.4. The van der Waals surface area contributed by atoms with Gasteiger partial charge in [0.25, 0.3) is 0 Å². The van der Waals surface area contributed by atoms with Crippen molar-refractivity contribution >= 4 is 0 Å². The average molecular weight is 252 g/mol. The fraction of sp³-hybridized carbons (Fsp3) is 0.846. The van der Waals surface area contributed by atoms with Gasteiger partial charge in [0.05, 0.1) is 6.54 Å². The van der Waals surface area contributed by atoms with E-state index in [2.05, 4.69) is 28.8 Å². The Morgan fingerprint density at radius 3 is 3.06 bits per heavy atom. The highest BCUT2D eigenvalue weighted by Crippen LogP contribution is 2.20. The summed E-state index contributed by atoms with van der Waals surface area (Å²) in [6.45, 7) is 8.70. The van der Waals surface area contributed by atoms with Gasteiger partial charge in [-0.05, 0) is 31.2 Å². The molecule has 1 saturated heterocycles. The zero-order valence-electron chi connectivity index (χ0n) is 11.4. The molecule has 1 N–H and O–H groups in total. The first-order valence-electron chi connectivity index (χ1n) is 6.89. The molecule has 2 heterocycles. The van der Waals surface area contributed by atoms with Crippen LogP contribution in [0.1, 0.15) is 32.5 Å². The second-order valence-electron chi connectivity index (χ2n) is 5.65. The lowest BCUT2D eigenvalue weighted by molar-refractivity contribution is 0.246. The van der Waals surface area contributed by atoms with Crippen LogP contribution in [0.15, 0.2) is 6.33 Å². The van der Waals surface area contributed by atoms with Crippen molar-refractivity contribution in [3.8, 4) is 0 Å². The second-order valence-corrected chi connectivity index (χ2v) is 5.65. The molecule has 1 unspecified atom stereocenters. The van der Waals surface area contributed by atoms with E-state index in [0.717, 1.165) is 38.4 Å². The van der Waals surface area contributed by atoms with Crippen molar-refractivity contribution in [2.75, 3.05) is 19.7 Å². The third kappa shape index (κ3) is 3.53. The number of aliphatic hydroxyl groups is 1. The molecule has 102 valence electrons. The summed E-state index contributed by atoms with van der Waals surface area (Å²) in [7, 11) is 0. The SMILES string of the molecule is CC(C)Cn1ncnc1CN1CCC(CCO)C1. The summed E-state index contributed by atoms with van der Waals surface area (Å²) in [5.41, 5.74) is 0. The number of nitrogens with zero attached hydrogens (tertiary/aromatic N) is 4. The zero-order chi connectivity index (χ0) is 13.0. The minimum absolute atomic E-state index is 0.308. The molecule has 0 radical (unpaired) electrons. The van der Waals surface area contributed by atoms with E-state index in [-0.39, 0.29) is 0 Å². The topological polar surface area (TPSA) is 54.2 Å². The molecule has 0 spiro atoms. The van der Waals surface area contributed by atoms with Gasteiger partial charge in [0, 0.05) is 19.7 Å². The second kappa shape index (κ2) is 6.29. The Bertz CT molecular complexity index is 364. The quantitative estimate of drug-likeness (QED) is 0.825. The van der Waals surface area contributed by atoms with Crippen LogP contribution in [-0.4, -0.2) is 44.5 Å². The fourth-order valence-electron chi connectivity index (χ4n) is 2.58. The molecule has 1 aromatic heterocycles. The van der Waals surface area contributed by atoms with Crippen molar-refractivity contribution in [2.24, 2.45) is 11.8 Å². The largest absolute Gasteiger partial charge is 0.396 e. The normalized spacial score (nSPS) is 21.0. The third-order valence-electron chi connectivity index (χ3n) is 3.51.